The molecule has 7 heteroatoms. The van der Waals surface area contributed by atoms with Gasteiger partial charge in [0.25, 0.3) is 0 Å². The van der Waals surface area contributed by atoms with E-state index in [0.717, 1.165) is 28.0 Å². The van der Waals surface area contributed by atoms with Gasteiger partial charge in [-0.3, -0.25) is 4.99 Å². The zero-order chi connectivity index (χ0) is 21.3. The molecule has 0 aliphatic rings. The van der Waals surface area contributed by atoms with Gasteiger partial charge < -0.3 is 20.1 Å². The molecule has 1 aromatic carbocycles. The Morgan fingerprint density at radius 3 is 2.59 bits per heavy atom. The molecule has 29 heavy (non-hydrogen) atoms. The standard InChI is InChI=1S/C22H34N4O2S/c1-7-27-10-11-28-18-12-16(2)8-9-17(18)13-24-21(23-6)25-14-20-26-19(15-29-20)22(3,4)5/h8-9,12,15H,7,10-11,13-14H2,1-6H3,(H2,23,24,25). The first-order valence-electron chi connectivity index (χ1n) is 10.0. The molecule has 0 fully saturated rings. The monoisotopic (exact) mass is 418 g/mol. The lowest BCUT2D eigenvalue weighted by Gasteiger charge is -2.15. The van der Waals surface area contributed by atoms with Gasteiger partial charge in [0.2, 0.25) is 0 Å². The quantitative estimate of drug-likeness (QED) is 0.366. The number of nitrogens with zero attached hydrogens (tertiary/aromatic N) is 2. The van der Waals surface area contributed by atoms with Crippen LogP contribution in [0.3, 0.4) is 0 Å². The Kier molecular flexibility index (Phi) is 8.92. The van der Waals surface area contributed by atoms with E-state index in [1.807, 2.05) is 6.92 Å². The summed E-state index contributed by atoms with van der Waals surface area (Å²) in [4.78, 5) is 9.04. The van der Waals surface area contributed by atoms with Crippen molar-refractivity contribution in [3.05, 3.63) is 45.4 Å². The van der Waals surface area contributed by atoms with Crippen LogP contribution < -0.4 is 15.4 Å². The van der Waals surface area contributed by atoms with Crippen LogP contribution in [-0.2, 0) is 23.2 Å². The fourth-order valence-electron chi connectivity index (χ4n) is 2.59. The predicted molar refractivity (Wildman–Crippen MR) is 121 cm³/mol. The van der Waals surface area contributed by atoms with Gasteiger partial charge in [-0.05, 0) is 25.5 Å². The van der Waals surface area contributed by atoms with Crippen LogP contribution in [0, 0.1) is 6.92 Å². The van der Waals surface area contributed by atoms with Gasteiger partial charge in [0, 0.05) is 36.6 Å². The first kappa shape index (κ1) is 23.2. The van der Waals surface area contributed by atoms with E-state index in [1.165, 1.54) is 5.56 Å². The van der Waals surface area contributed by atoms with Crippen molar-refractivity contribution in [3.8, 4) is 5.75 Å². The van der Waals surface area contributed by atoms with Crippen LogP contribution in [0.4, 0.5) is 0 Å². The number of hydrogen-bond donors (Lipinski definition) is 2. The van der Waals surface area contributed by atoms with Gasteiger partial charge in [-0.25, -0.2) is 4.98 Å². The number of hydrogen-bond acceptors (Lipinski definition) is 5. The third kappa shape index (κ3) is 7.66. The van der Waals surface area contributed by atoms with Gasteiger partial charge in [0.15, 0.2) is 5.96 Å². The van der Waals surface area contributed by atoms with E-state index in [2.05, 4.69) is 66.9 Å². The number of nitrogens with one attached hydrogen (secondary N) is 2. The second-order valence-electron chi connectivity index (χ2n) is 7.81. The third-order valence-electron chi connectivity index (χ3n) is 4.31. The van der Waals surface area contributed by atoms with Crippen LogP contribution in [0.2, 0.25) is 0 Å². The van der Waals surface area contributed by atoms with E-state index in [-0.39, 0.29) is 5.41 Å². The van der Waals surface area contributed by atoms with Gasteiger partial charge in [-0.2, -0.15) is 0 Å². The van der Waals surface area contributed by atoms with Gasteiger partial charge in [-0.15, -0.1) is 11.3 Å². The summed E-state index contributed by atoms with van der Waals surface area (Å²) in [5.41, 5.74) is 3.44. The van der Waals surface area contributed by atoms with E-state index < -0.39 is 0 Å². The van der Waals surface area contributed by atoms with Crippen LogP contribution in [0.15, 0.2) is 28.6 Å². The van der Waals surface area contributed by atoms with E-state index in [9.17, 15) is 0 Å². The summed E-state index contributed by atoms with van der Waals surface area (Å²) in [5.74, 6) is 1.61. The summed E-state index contributed by atoms with van der Waals surface area (Å²) in [6.45, 7) is 13.7. The number of rotatable bonds is 9. The maximum atomic E-state index is 5.92. The van der Waals surface area contributed by atoms with Crippen molar-refractivity contribution in [1.82, 2.24) is 15.6 Å². The molecule has 0 saturated heterocycles. The molecular weight excluding hydrogens is 384 g/mol. The zero-order valence-corrected chi connectivity index (χ0v) is 19.3. The highest BCUT2D eigenvalue weighted by Gasteiger charge is 2.17. The van der Waals surface area contributed by atoms with Crippen molar-refractivity contribution >= 4 is 17.3 Å². The average molecular weight is 419 g/mol. The highest BCUT2D eigenvalue weighted by molar-refractivity contribution is 7.09. The van der Waals surface area contributed by atoms with Gasteiger partial charge in [-0.1, -0.05) is 32.9 Å². The summed E-state index contributed by atoms with van der Waals surface area (Å²) in [5, 5.41) is 9.88. The fraction of sp³-hybridized carbons (Fsp3) is 0.545. The Labute approximate surface area is 178 Å². The zero-order valence-electron chi connectivity index (χ0n) is 18.5. The number of thiazole rings is 1. The van der Waals surface area contributed by atoms with Gasteiger partial charge >= 0.3 is 0 Å². The molecule has 1 heterocycles. The molecule has 0 radical (unpaired) electrons. The lowest BCUT2D eigenvalue weighted by molar-refractivity contribution is 0.110. The number of guanidine groups is 1. The van der Waals surface area contributed by atoms with Crippen LogP contribution >= 0.6 is 11.3 Å². The summed E-state index contributed by atoms with van der Waals surface area (Å²) in [6.07, 6.45) is 0. The van der Waals surface area contributed by atoms with Crippen LogP contribution in [0.25, 0.3) is 0 Å². The first-order valence-corrected chi connectivity index (χ1v) is 10.9. The van der Waals surface area contributed by atoms with E-state index in [1.54, 1.807) is 18.4 Å². The van der Waals surface area contributed by atoms with Gasteiger partial charge in [0.1, 0.15) is 17.4 Å². The molecule has 0 aliphatic heterocycles. The molecule has 2 rings (SSSR count). The highest BCUT2D eigenvalue weighted by atomic mass is 32.1. The Hall–Kier alpha value is -2.12. The Bertz CT molecular complexity index is 796. The molecular formula is C22H34N4O2S. The molecule has 2 N–H and O–H groups in total. The van der Waals surface area contributed by atoms with Crippen LogP contribution in [0.5, 0.6) is 5.75 Å². The molecule has 0 bridgehead atoms. The normalized spacial score (nSPS) is 12.1. The minimum absolute atomic E-state index is 0.0681. The first-order chi connectivity index (χ1) is 13.8. The molecule has 0 unspecified atom stereocenters. The Morgan fingerprint density at radius 1 is 1.17 bits per heavy atom. The predicted octanol–water partition coefficient (Wildman–Crippen LogP) is 4.03. The molecule has 0 atom stereocenters. The molecule has 6 nitrogen and oxygen atoms in total. The lowest BCUT2D eigenvalue weighted by atomic mass is 9.93. The number of ether oxygens (including phenoxy) is 2. The highest BCUT2D eigenvalue weighted by Crippen LogP contribution is 2.24. The van der Waals surface area contributed by atoms with Crippen molar-refractivity contribution in [2.24, 2.45) is 4.99 Å². The smallest absolute Gasteiger partial charge is 0.191 e. The average Bonchev–Trinajstić information content (AvgIpc) is 3.16. The van der Waals surface area contributed by atoms with Crippen molar-refractivity contribution in [2.75, 3.05) is 26.9 Å². The van der Waals surface area contributed by atoms with E-state index >= 15 is 0 Å². The van der Waals surface area contributed by atoms with Crippen LogP contribution in [-0.4, -0.2) is 37.8 Å². The van der Waals surface area contributed by atoms with Gasteiger partial charge in [0.05, 0.1) is 18.8 Å². The summed E-state index contributed by atoms with van der Waals surface area (Å²) in [6, 6.07) is 6.23. The van der Waals surface area contributed by atoms with E-state index in [0.29, 0.717) is 32.9 Å². The lowest BCUT2D eigenvalue weighted by Crippen LogP contribution is -2.36. The number of aliphatic imine (C=N–C) groups is 1. The maximum Gasteiger partial charge on any atom is 0.191 e. The third-order valence-corrected chi connectivity index (χ3v) is 5.16. The molecule has 2 aromatic rings. The second-order valence-corrected chi connectivity index (χ2v) is 8.76. The minimum atomic E-state index is 0.0681. The molecule has 1 aromatic heterocycles. The van der Waals surface area contributed by atoms with E-state index in [4.69, 9.17) is 14.5 Å². The Morgan fingerprint density at radius 2 is 1.93 bits per heavy atom. The topological polar surface area (TPSA) is 67.8 Å². The summed E-state index contributed by atoms with van der Waals surface area (Å²) < 4.78 is 11.3. The molecule has 160 valence electrons. The summed E-state index contributed by atoms with van der Waals surface area (Å²) >= 11 is 1.67. The minimum Gasteiger partial charge on any atom is -0.491 e. The van der Waals surface area contributed by atoms with Crippen LogP contribution in [0.1, 0.15) is 49.5 Å². The molecule has 0 spiro atoms. The van der Waals surface area contributed by atoms with Crippen molar-refractivity contribution in [3.63, 3.8) is 0 Å². The number of aryl methyl sites for hydroxylation is 1. The maximum absolute atomic E-state index is 5.92. The SMILES string of the molecule is CCOCCOc1cc(C)ccc1CNC(=NC)NCc1nc(C(C)(C)C)cs1. The fourth-order valence-corrected chi connectivity index (χ4v) is 3.55. The van der Waals surface area contributed by atoms with Crippen molar-refractivity contribution in [2.45, 2.75) is 53.1 Å². The number of aromatic nitrogens is 1. The van der Waals surface area contributed by atoms with Crippen molar-refractivity contribution < 1.29 is 9.47 Å². The van der Waals surface area contributed by atoms with Crippen molar-refractivity contribution in [1.29, 1.82) is 0 Å². The number of benzene rings is 1. The molecule has 0 aliphatic carbocycles. The summed E-state index contributed by atoms with van der Waals surface area (Å²) in [7, 11) is 1.77. The second kappa shape index (κ2) is 11.2. The largest absolute Gasteiger partial charge is 0.491 e. The Balaban J connectivity index is 1.91. The molecule has 0 saturated carbocycles. The molecule has 0 amide bonds.